The number of ether oxygens (including phenoxy) is 2. The van der Waals surface area contributed by atoms with Crippen LogP contribution in [0.2, 0.25) is 0 Å². The molecule has 5 heteroatoms. The van der Waals surface area contributed by atoms with Gasteiger partial charge in [0.15, 0.2) is 0 Å². The molecule has 0 N–H and O–H groups in total. The minimum atomic E-state index is -0.0808. The average Bonchev–Trinajstić information content (AvgIpc) is 3.21. The Morgan fingerprint density at radius 3 is 2.17 bits per heavy atom. The third-order valence-corrected chi connectivity index (χ3v) is 5.44. The van der Waals surface area contributed by atoms with Gasteiger partial charge < -0.3 is 9.47 Å². The fraction of sp³-hybridized carbons (Fsp3) is 0.789. The van der Waals surface area contributed by atoms with Crippen LogP contribution in [-0.4, -0.2) is 49.7 Å². The molecule has 0 spiro atoms. The summed E-state index contributed by atoms with van der Waals surface area (Å²) >= 11 is 0. The molecule has 2 fully saturated rings. The van der Waals surface area contributed by atoms with Crippen LogP contribution in [0, 0.1) is 29.6 Å². The van der Waals surface area contributed by atoms with Gasteiger partial charge in [-0.05, 0) is 37.0 Å². The summed E-state index contributed by atoms with van der Waals surface area (Å²) in [5, 5.41) is 0. The van der Waals surface area contributed by atoms with Crippen LogP contribution in [0.15, 0.2) is 12.2 Å². The summed E-state index contributed by atoms with van der Waals surface area (Å²) in [7, 11) is 0. The lowest BCUT2D eigenvalue weighted by molar-refractivity contribution is -0.140. The summed E-state index contributed by atoms with van der Waals surface area (Å²) < 4.78 is 11.0. The van der Waals surface area contributed by atoms with Crippen molar-refractivity contribution < 1.29 is 19.1 Å². The van der Waals surface area contributed by atoms with Gasteiger partial charge in [0.1, 0.15) is 0 Å². The zero-order chi connectivity index (χ0) is 17.1. The lowest BCUT2D eigenvalue weighted by atomic mass is 9.85. The molecule has 2 bridgehead atoms. The Kier molecular flexibility index (Phi) is 5.72. The second kappa shape index (κ2) is 7.79. The maximum atomic E-state index is 12.5. The minimum absolute atomic E-state index is 0.0406. The van der Waals surface area contributed by atoms with Crippen molar-refractivity contribution in [3.05, 3.63) is 12.2 Å². The van der Waals surface area contributed by atoms with Crippen molar-refractivity contribution in [2.45, 2.75) is 33.1 Å². The van der Waals surface area contributed by atoms with Crippen molar-refractivity contribution in [1.82, 2.24) is 4.90 Å². The Morgan fingerprint density at radius 1 is 1.00 bits per heavy atom. The molecule has 0 aromatic carbocycles. The number of allylic oxidation sites excluding steroid dienone is 2. The molecule has 0 aromatic heterocycles. The molecule has 3 rings (SSSR count). The highest BCUT2D eigenvalue weighted by molar-refractivity contribution is 6.06. The Balaban J connectivity index is 1.29. The van der Waals surface area contributed by atoms with Crippen LogP contribution in [0.4, 0.5) is 0 Å². The molecule has 1 saturated carbocycles. The molecule has 3 aliphatic rings. The molecule has 1 saturated heterocycles. The minimum Gasteiger partial charge on any atom is -0.379 e. The smallest absolute Gasteiger partial charge is 0.233 e. The number of carbonyl (C=O) groups is 2. The van der Waals surface area contributed by atoms with E-state index in [9.17, 15) is 9.59 Å². The number of imide groups is 1. The third kappa shape index (κ3) is 3.57. The molecule has 2 aliphatic carbocycles. The van der Waals surface area contributed by atoms with Crippen molar-refractivity contribution in [1.29, 1.82) is 0 Å². The van der Waals surface area contributed by atoms with Crippen LogP contribution in [0.25, 0.3) is 0 Å². The van der Waals surface area contributed by atoms with Gasteiger partial charge in [-0.3, -0.25) is 14.5 Å². The fourth-order valence-electron chi connectivity index (χ4n) is 4.15. The van der Waals surface area contributed by atoms with Gasteiger partial charge in [-0.1, -0.05) is 26.0 Å². The lowest BCUT2D eigenvalue weighted by Gasteiger charge is -2.17. The Labute approximate surface area is 144 Å². The van der Waals surface area contributed by atoms with E-state index in [2.05, 4.69) is 26.0 Å². The number of hydrogen-bond donors (Lipinski definition) is 0. The zero-order valence-corrected chi connectivity index (χ0v) is 14.8. The first-order chi connectivity index (χ1) is 11.6. The summed E-state index contributed by atoms with van der Waals surface area (Å²) in [6, 6.07) is 0. The van der Waals surface area contributed by atoms with Gasteiger partial charge in [0.05, 0.1) is 25.0 Å². The van der Waals surface area contributed by atoms with E-state index >= 15 is 0 Å². The molecule has 0 radical (unpaired) electrons. The third-order valence-electron chi connectivity index (χ3n) is 5.44. The normalized spacial score (nSPS) is 30.9. The van der Waals surface area contributed by atoms with Crippen LogP contribution in [0.5, 0.6) is 0 Å². The second-order valence-corrected chi connectivity index (χ2v) is 7.59. The standard InChI is InChI=1S/C19H29NO4/c1-13(2)6-9-24-11-10-23-8-3-7-20-18(21)16-14-4-5-15(12-14)17(16)19(20)22/h4-5,13-17H,3,6-12H2,1-2H3/t14-,15-,16-,17+/m0/s1. The van der Waals surface area contributed by atoms with Crippen LogP contribution in [0.3, 0.4) is 0 Å². The summed E-state index contributed by atoms with van der Waals surface area (Å²) in [6.07, 6.45) is 7.01. The largest absolute Gasteiger partial charge is 0.379 e. The quantitative estimate of drug-likeness (QED) is 0.349. The second-order valence-electron chi connectivity index (χ2n) is 7.59. The first-order valence-corrected chi connectivity index (χ1v) is 9.28. The molecule has 0 unspecified atom stereocenters. The van der Waals surface area contributed by atoms with Crippen LogP contribution >= 0.6 is 0 Å². The van der Waals surface area contributed by atoms with Gasteiger partial charge in [-0.25, -0.2) is 0 Å². The van der Waals surface area contributed by atoms with Gasteiger partial charge >= 0.3 is 0 Å². The number of fused-ring (bicyclic) bond motifs is 5. The number of carbonyl (C=O) groups excluding carboxylic acids is 2. The summed E-state index contributed by atoms with van der Waals surface area (Å²) in [5.41, 5.74) is 0. The van der Waals surface area contributed by atoms with Crippen molar-refractivity contribution >= 4 is 11.8 Å². The maximum Gasteiger partial charge on any atom is 0.233 e. The topological polar surface area (TPSA) is 55.8 Å². The van der Waals surface area contributed by atoms with E-state index in [1.54, 1.807) is 0 Å². The molecule has 1 aliphatic heterocycles. The van der Waals surface area contributed by atoms with E-state index in [4.69, 9.17) is 9.47 Å². The van der Waals surface area contributed by atoms with Crippen molar-refractivity contribution in [3.63, 3.8) is 0 Å². The molecule has 2 amide bonds. The Bertz CT molecular complexity index is 472. The maximum absolute atomic E-state index is 12.5. The van der Waals surface area contributed by atoms with Crippen LogP contribution in [-0.2, 0) is 19.1 Å². The number of rotatable bonds is 10. The lowest BCUT2D eigenvalue weighted by Crippen LogP contribution is -2.34. The molecular formula is C19H29NO4. The van der Waals surface area contributed by atoms with Gasteiger partial charge in [0.2, 0.25) is 11.8 Å². The number of likely N-dealkylation sites (tertiary alicyclic amines) is 1. The fourth-order valence-corrected chi connectivity index (χ4v) is 4.15. The summed E-state index contributed by atoms with van der Waals surface area (Å²) in [6.45, 7) is 7.35. The van der Waals surface area contributed by atoms with Crippen molar-refractivity contribution in [3.8, 4) is 0 Å². The monoisotopic (exact) mass is 335 g/mol. The van der Waals surface area contributed by atoms with E-state index in [-0.39, 0.29) is 23.7 Å². The highest BCUT2D eigenvalue weighted by Gasteiger charge is 2.58. The molecule has 134 valence electrons. The van der Waals surface area contributed by atoms with Crippen molar-refractivity contribution in [2.75, 3.05) is 33.0 Å². The van der Waals surface area contributed by atoms with E-state index in [1.807, 2.05) is 0 Å². The van der Waals surface area contributed by atoms with E-state index in [1.165, 1.54) is 4.90 Å². The molecule has 24 heavy (non-hydrogen) atoms. The predicted molar refractivity (Wildman–Crippen MR) is 90.1 cm³/mol. The van der Waals surface area contributed by atoms with Crippen LogP contribution < -0.4 is 0 Å². The highest BCUT2D eigenvalue weighted by atomic mass is 16.5. The first-order valence-electron chi connectivity index (χ1n) is 9.28. The molecule has 0 aromatic rings. The van der Waals surface area contributed by atoms with Gasteiger partial charge in [-0.2, -0.15) is 0 Å². The number of nitrogens with zero attached hydrogens (tertiary/aromatic N) is 1. The highest BCUT2D eigenvalue weighted by Crippen LogP contribution is 2.52. The summed E-state index contributed by atoms with van der Waals surface area (Å²) in [5.74, 6) is 1.16. The van der Waals surface area contributed by atoms with Gasteiger partial charge in [0.25, 0.3) is 0 Å². The van der Waals surface area contributed by atoms with E-state index in [0.717, 1.165) is 19.4 Å². The Hall–Kier alpha value is -1.20. The zero-order valence-electron chi connectivity index (χ0n) is 14.8. The van der Waals surface area contributed by atoms with E-state index < -0.39 is 0 Å². The number of hydrogen-bond acceptors (Lipinski definition) is 4. The Morgan fingerprint density at radius 2 is 1.58 bits per heavy atom. The van der Waals surface area contributed by atoms with E-state index in [0.29, 0.717) is 50.5 Å². The predicted octanol–water partition coefficient (Wildman–Crippen LogP) is 2.26. The van der Waals surface area contributed by atoms with Crippen LogP contribution in [0.1, 0.15) is 33.1 Å². The SMILES string of the molecule is CC(C)CCOCCOCCCN1C(=O)[C@@H]2[C@H](C1=O)[C@H]1C=C[C@H]2C1. The molecule has 1 heterocycles. The van der Waals surface area contributed by atoms with Gasteiger partial charge in [-0.15, -0.1) is 0 Å². The van der Waals surface area contributed by atoms with Crippen molar-refractivity contribution in [2.24, 2.45) is 29.6 Å². The summed E-state index contributed by atoms with van der Waals surface area (Å²) in [4.78, 5) is 26.5. The molecular weight excluding hydrogens is 306 g/mol. The van der Waals surface area contributed by atoms with Gasteiger partial charge in [0, 0.05) is 19.8 Å². The number of amides is 2. The molecule has 5 nitrogen and oxygen atoms in total. The first kappa shape index (κ1) is 17.6. The average molecular weight is 335 g/mol. The molecule has 4 atom stereocenters.